The summed E-state index contributed by atoms with van der Waals surface area (Å²) in [4.78, 5) is 10.8. The van der Waals surface area contributed by atoms with Crippen molar-refractivity contribution in [1.82, 2.24) is 0 Å². The van der Waals surface area contributed by atoms with Crippen LogP contribution in [0.2, 0.25) is 0 Å². The van der Waals surface area contributed by atoms with Gasteiger partial charge in [-0.1, -0.05) is 18.2 Å². The number of carbonyl (C=O) groups excluding carboxylic acids is 1. The molecule has 2 nitrogen and oxygen atoms in total. The van der Waals surface area contributed by atoms with Gasteiger partial charge in [0.25, 0.3) is 5.91 Å². The molecule has 0 fully saturated rings. The lowest BCUT2D eigenvalue weighted by atomic mass is 10.0. The third kappa shape index (κ3) is 2.07. The summed E-state index contributed by atoms with van der Waals surface area (Å²) in [5.74, 6) is -3.88. The van der Waals surface area contributed by atoms with E-state index < -0.39 is 23.4 Å². The van der Waals surface area contributed by atoms with Crippen LogP contribution in [0, 0.1) is 17.5 Å². The molecule has 0 saturated heterocycles. The van der Waals surface area contributed by atoms with Gasteiger partial charge in [-0.3, -0.25) is 4.79 Å². The first kappa shape index (κ1) is 12.2. The molecule has 0 bridgehead atoms. The lowest BCUT2D eigenvalue weighted by Crippen LogP contribution is -2.12. The fraction of sp³-hybridized carbons (Fsp3) is 0. The first-order valence-electron chi connectivity index (χ1n) is 5.04. The summed E-state index contributed by atoms with van der Waals surface area (Å²) in [6, 6.07) is 6.98. The van der Waals surface area contributed by atoms with E-state index >= 15 is 0 Å². The second-order valence-electron chi connectivity index (χ2n) is 3.66. The smallest absolute Gasteiger partial charge is 0.251 e. The molecule has 5 heteroatoms. The molecule has 2 N–H and O–H groups in total. The van der Waals surface area contributed by atoms with E-state index in [1.54, 1.807) is 0 Å². The number of carbonyl (C=O) groups is 1. The van der Waals surface area contributed by atoms with E-state index in [2.05, 4.69) is 0 Å². The number of nitrogens with two attached hydrogens (primary N) is 1. The van der Waals surface area contributed by atoms with Crippen molar-refractivity contribution in [1.29, 1.82) is 0 Å². The number of hydrogen-bond donors (Lipinski definition) is 1. The minimum atomic E-state index is -1.07. The van der Waals surface area contributed by atoms with Gasteiger partial charge in [0.2, 0.25) is 0 Å². The summed E-state index contributed by atoms with van der Waals surface area (Å²) < 4.78 is 40.0. The van der Waals surface area contributed by atoms with Crippen LogP contribution in [-0.4, -0.2) is 5.91 Å². The van der Waals surface area contributed by atoms with E-state index in [0.29, 0.717) is 0 Å². The molecule has 0 aliphatic carbocycles. The molecule has 0 aliphatic heterocycles. The van der Waals surface area contributed by atoms with E-state index in [1.807, 2.05) is 0 Å². The molecule has 1 amide bonds. The van der Waals surface area contributed by atoms with Crippen LogP contribution < -0.4 is 5.73 Å². The van der Waals surface area contributed by atoms with Crippen molar-refractivity contribution in [3.8, 4) is 11.1 Å². The zero-order chi connectivity index (χ0) is 13.3. The van der Waals surface area contributed by atoms with E-state index in [4.69, 9.17) is 5.73 Å². The number of hydrogen-bond acceptors (Lipinski definition) is 1. The summed E-state index contributed by atoms with van der Waals surface area (Å²) >= 11 is 0. The average Bonchev–Trinajstić information content (AvgIpc) is 2.32. The average molecular weight is 251 g/mol. The third-order valence-electron chi connectivity index (χ3n) is 2.50. The predicted molar refractivity (Wildman–Crippen MR) is 60.3 cm³/mol. The van der Waals surface area contributed by atoms with Crippen molar-refractivity contribution in [2.24, 2.45) is 5.73 Å². The van der Waals surface area contributed by atoms with Crippen LogP contribution in [0.25, 0.3) is 11.1 Å². The highest BCUT2D eigenvalue weighted by molar-refractivity contribution is 5.93. The molecule has 92 valence electrons. The summed E-state index contributed by atoms with van der Waals surface area (Å²) in [7, 11) is 0. The second-order valence-corrected chi connectivity index (χ2v) is 3.66. The van der Waals surface area contributed by atoms with Gasteiger partial charge in [-0.2, -0.15) is 0 Å². The molecule has 0 aromatic heterocycles. The monoisotopic (exact) mass is 251 g/mol. The molecule has 2 aromatic rings. The Hall–Kier alpha value is -2.30. The maximum atomic E-state index is 13.5. The topological polar surface area (TPSA) is 43.1 Å². The van der Waals surface area contributed by atoms with Gasteiger partial charge < -0.3 is 5.73 Å². The van der Waals surface area contributed by atoms with Crippen LogP contribution in [0.3, 0.4) is 0 Å². The number of amides is 1. The van der Waals surface area contributed by atoms with Crippen molar-refractivity contribution >= 4 is 5.91 Å². The van der Waals surface area contributed by atoms with Gasteiger partial charge in [-0.25, -0.2) is 13.2 Å². The minimum absolute atomic E-state index is 0.0788. The molecule has 18 heavy (non-hydrogen) atoms. The molecule has 0 unspecified atom stereocenters. The van der Waals surface area contributed by atoms with Gasteiger partial charge in [-0.15, -0.1) is 0 Å². The SMILES string of the molecule is NC(=O)c1ccc(-c2cccc(F)c2F)cc1F. The number of benzene rings is 2. The lowest BCUT2D eigenvalue weighted by molar-refractivity contribution is 0.0996. The van der Waals surface area contributed by atoms with Crippen molar-refractivity contribution in [2.75, 3.05) is 0 Å². The van der Waals surface area contributed by atoms with Gasteiger partial charge in [-0.05, 0) is 23.8 Å². The van der Waals surface area contributed by atoms with Gasteiger partial charge >= 0.3 is 0 Å². The zero-order valence-electron chi connectivity index (χ0n) is 9.08. The summed E-state index contributed by atoms with van der Waals surface area (Å²) in [5.41, 5.74) is 4.70. The fourth-order valence-corrected chi connectivity index (χ4v) is 1.61. The molecule has 0 spiro atoms. The highest BCUT2D eigenvalue weighted by atomic mass is 19.2. The quantitative estimate of drug-likeness (QED) is 0.876. The molecular weight excluding hydrogens is 243 g/mol. The van der Waals surface area contributed by atoms with Crippen LogP contribution in [0.4, 0.5) is 13.2 Å². The Labute approximate surface area is 101 Å². The largest absolute Gasteiger partial charge is 0.366 e. The third-order valence-corrected chi connectivity index (χ3v) is 2.50. The van der Waals surface area contributed by atoms with Crippen molar-refractivity contribution in [2.45, 2.75) is 0 Å². The highest BCUT2D eigenvalue weighted by Gasteiger charge is 2.13. The molecule has 0 heterocycles. The molecular formula is C13H8F3NO. The van der Waals surface area contributed by atoms with Crippen LogP contribution in [0.5, 0.6) is 0 Å². The van der Waals surface area contributed by atoms with Crippen LogP contribution in [-0.2, 0) is 0 Å². The zero-order valence-corrected chi connectivity index (χ0v) is 9.08. The molecule has 0 aliphatic rings. The number of rotatable bonds is 2. The number of halogens is 3. The molecule has 0 saturated carbocycles. The molecule has 0 atom stereocenters. The van der Waals surface area contributed by atoms with Crippen LogP contribution in [0.1, 0.15) is 10.4 Å². The Morgan fingerprint density at radius 2 is 1.72 bits per heavy atom. The summed E-state index contributed by atoms with van der Waals surface area (Å²) in [6.45, 7) is 0. The van der Waals surface area contributed by atoms with E-state index in [9.17, 15) is 18.0 Å². The van der Waals surface area contributed by atoms with E-state index in [-0.39, 0.29) is 16.7 Å². The lowest BCUT2D eigenvalue weighted by Gasteiger charge is -2.06. The minimum Gasteiger partial charge on any atom is -0.366 e. The van der Waals surface area contributed by atoms with E-state index in [1.165, 1.54) is 18.2 Å². The van der Waals surface area contributed by atoms with Crippen molar-refractivity contribution in [3.05, 3.63) is 59.4 Å². The molecule has 0 radical (unpaired) electrons. The van der Waals surface area contributed by atoms with Crippen molar-refractivity contribution in [3.63, 3.8) is 0 Å². The Morgan fingerprint density at radius 1 is 1.00 bits per heavy atom. The summed E-state index contributed by atoms with van der Waals surface area (Å²) in [6.07, 6.45) is 0. The van der Waals surface area contributed by atoms with Gasteiger partial charge in [0.05, 0.1) is 5.56 Å². The Balaban J connectivity index is 2.56. The van der Waals surface area contributed by atoms with Gasteiger partial charge in [0, 0.05) is 5.56 Å². The van der Waals surface area contributed by atoms with E-state index in [0.717, 1.165) is 18.2 Å². The van der Waals surface area contributed by atoms with Gasteiger partial charge in [0.15, 0.2) is 11.6 Å². The first-order valence-corrected chi connectivity index (χ1v) is 5.04. The molecule has 2 aromatic carbocycles. The van der Waals surface area contributed by atoms with Crippen LogP contribution in [0.15, 0.2) is 36.4 Å². The fourth-order valence-electron chi connectivity index (χ4n) is 1.61. The Kier molecular flexibility index (Phi) is 3.06. The standard InChI is InChI=1S/C13H8F3NO/c14-10-3-1-2-8(12(10)16)7-4-5-9(13(17)18)11(15)6-7/h1-6H,(H2,17,18). The highest BCUT2D eigenvalue weighted by Crippen LogP contribution is 2.25. The normalized spacial score (nSPS) is 10.4. The van der Waals surface area contributed by atoms with Gasteiger partial charge in [0.1, 0.15) is 5.82 Å². The first-order chi connectivity index (χ1) is 8.50. The number of primary amides is 1. The Bertz CT molecular complexity index is 626. The predicted octanol–water partition coefficient (Wildman–Crippen LogP) is 2.87. The second kappa shape index (κ2) is 4.52. The summed E-state index contributed by atoms with van der Waals surface area (Å²) in [5, 5.41) is 0. The van der Waals surface area contributed by atoms with Crippen LogP contribution >= 0.6 is 0 Å². The maximum absolute atomic E-state index is 13.5. The molecule has 2 rings (SSSR count). The Morgan fingerprint density at radius 3 is 2.33 bits per heavy atom. The maximum Gasteiger partial charge on any atom is 0.251 e. The van der Waals surface area contributed by atoms with Crippen molar-refractivity contribution < 1.29 is 18.0 Å².